The lowest BCUT2D eigenvalue weighted by Crippen LogP contribution is -2.24. The maximum atomic E-state index is 11.7. The van der Waals surface area contributed by atoms with E-state index in [-0.39, 0.29) is 6.61 Å². The van der Waals surface area contributed by atoms with Gasteiger partial charge in [-0.2, -0.15) is 0 Å². The minimum Gasteiger partial charge on any atom is -0.489 e. The molecule has 1 N–H and O–H groups in total. The summed E-state index contributed by atoms with van der Waals surface area (Å²) in [7, 11) is 0. The van der Waals surface area contributed by atoms with Crippen molar-refractivity contribution in [1.29, 1.82) is 0 Å². The van der Waals surface area contributed by atoms with Crippen LogP contribution in [0.2, 0.25) is 0 Å². The van der Waals surface area contributed by atoms with E-state index in [0.29, 0.717) is 13.2 Å². The van der Waals surface area contributed by atoms with Gasteiger partial charge in [-0.15, -0.1) is 0 Å². The van der Waals surface area contributed by atoms with Gasteiger partial charge in [0.25, 0.3) is 0 Å². The fraction of sp³-hybridized carbons (Fsp3) is 0.125. The van der Waals surface area contributed by atoms with E-state index in [2.05, 4.69) is 5.32 Å². The van der Waals surface area contributed by atoms with E-state index in [1.165, 1.54) is 0 Å². The summed E-state index contributed by atoms with van der Waals surface area (Å²) in [6.07, 6.45) is 3.38. The second kappa shape index (κ2) is 10.6. The molecule has 28 heavy (non-hydrogen) atoms. The van der Waals surface area contributed by atoms with Crippen molar-refractivity contribution in [2.24, 2.45) is 0 Å². The Morgan fingerprint density at radius 2 is 1.50 bits per heavy atom. The fourth-order valence-corrected chi connectivity index (χ4v) is 2.56. The first-order valence-corrected chi connectivity index (χ1v) is 9.17. The first-order chi connectivity index (χ1) is 13.8. The van der Waals surface area contributed by atoms with Gasteiger partial charge in [-0.25, -0.2) is 4.79 Å². The van der Waals surface area contributed by atoms with Crippen LogP contribution in [-0.4, -0.2) is 12.6 Å². The summed E-state index contributed by atoms with van der Waals surface area (Å²) in [6.45, 7) is 1.18. The average Bonchev–Trinajstić information content (AvgIpc) is 2.76. The molecular weight excluding hydrogens is 350 g/mol. The third-order valence-electron chi connectivity index (χ3n) is 3.99. The Morgan fingerprint density at radius 1 is 0.821 bits per heavy atom. The van der Waals surface area contributed by atoms with E-state index in [1.54, 1.807) is 0 Å². The predicted octanol–water partition coefficient (Wildman–Crippen LogP) is 5.21. The van der Waals surface area contributed by atoms with Crippen molar-refractivity contribution < 1.29 is 14.3 Å². The van der Waals surface area contributed by atoms with Gasteiger partial charge < -0.3 is 14.8 Å². The molecule has 1 amide bonds. The van der Waals surface area contributed by atoms with E-state index >= 15 is 0 Å². The molecule has 3 aromatic carbocycles. The number of nitrogens with one attached hydrogen (secondary N) is 1. The molecule has 0 aliphatic heterocycles. The third-order valence-corrected chi connectivity index (χ3v) is 3.99. The number of carbonyl (C=O) groups excluding carboxylic acids is 1. The van der Waals surface area contributed by atoms with E-state index in [1.807, 2.05) is 97.1 Å². The highest BCUT2D eigenvalue weighted by Gasteiger charge is 2.00. The van der Waals surface area contributed by atoms with E-state index in [9.17, 15) is 4.79 Å². The van der Waals surface area contributed by atoms with E-state index in [4.69, 9.17) is 9.47 Å². The van der Waals surface area contributed by atoms with Gasteiger partial charge in [0.15, 0.2) is 0 Å². The number of hydrogen-bond donors (Lipinski definition) is 1. The first kappa shape index (κ1) is 19.2. The van der Waals surface area contributed by atoms with Crippen molar-refractivity contribution in [3.05, 3.63) is 108 Å². The molecule has 3 rings (SSSR count). The Morgan fingerprint density at radius 3 is 2.21 bits per heavy atom. The van der Waals surface area contributed by atoms with Crippen LogP contribution in [-0.2, 0) is 18.0 Å². The van der Waals surface area contributed by atoms with Gasteiger partial charge in [-0.1, -0.05) is 84.9 Å². The van der Waals surface area contributed by atoms with Gasteiger partial charge in [0.1, 0.15) is 19.0 Å². The van der Waals surface area contributed by atoms with Gasteiger partial charge in [0.2, 0.25) is 0 Å². The maximum absolute atomic E-state index is 11.7. The van der Waals surface area contributed by atoms with Crippen LogP contribution in [0, 0.1) is 0 Å². The standard InChI is InChI=1S/C24H23NO3/c26-24(28-19-22-11-5-2-6-12-22)25-16-8-14-20-13-7-15-23(17-20)27-18-21-9-3-1-4-10-21/h1-15,17H,16,18-19H2,(H,25,26). The zero-order valence-corrected chi connectivity index (χ0v) is 15.6. The summed E-state index contributed by atoms with van der Waals surface area (Å²) in [4.78, 5) is 11.7. The molecule has 0 spiro atoms. The summed E-state index contributed by atoms with van der Waals surface area (Å²) >= 11 is 0. The summed E-state index contributed by atoms with van der Waals surface area (Å²) in [5, 5.41) is 2.71. The van der Waals surface area contributed by atoms with Crippen LogP contribution in [0.5, 0.6) is 5.75 Å². The minimum atomic E-state index is -0.437. The smallest absolute Gasteiger partial charge is 0.407 e. The van der Waals surface area contributed by atoms with E-state index < -0.39 is 6.09 Å². The molecule has 0 radical (unpaired) electrons. The second-order valence-electron chi connectivity index (χ2n) is 6.19. The number of rotatable bonds is 8. The number of alkyl carbamates (subject to hydrolysis) is 1. The molecule has 0 fully saturated rings. The quantitative estimate of drug-likeness (QED) is 0.590. The van der Waals surface area contributed by atoms with Crippen LogP contribution in [0.1, 0.15) is 16.7 Å². The Kier molecular flexibility index (Phi) is 7.27. The zero-order chi connectivity index (χ0) is 19.4. The molecule has 0 heterocycles. The molecule has 0 aliphatic carbocycles. The largest absolute Gasteiger partial charge is 0.489 e. The number of benzene rings is 3. The Labute approximate surface area is 165 Å². The molecule has 4 heteroatoms. The molecule has 4 nitrogen and oxygen atoms in total. The number of hydrogen-bond acceptors (Lipinski definition) is 3. The van der Waals surface area contributed by atoms with Crippen LogP contribution in [0.15, 0.2) is 91.0 Å². The molecule has 0 unspecified atom stereocenters. The van der Waals surface area contributed by atoms with Crippen molar-refractivity contribution >= 4 is 12.2 Å². The molecule has 0 aromatic heterocycles. The summed E-state index contributed by atoms with van der Waals surface area (Å²) in [5.41, 5.74) is 3.09. The van der Waals surface area contributed by atoms with Gasteiger partial charge in [0, 0.05) is 6.54 Å². The molecular formula is C24H23NO3. The Bertz CT molecular complexity index is 892. The monoisotopic (exact) mass is 373 g/mol. The number of ether oxygens (including phenoxy) is 2. The van der Waals surface area contributed by atoms with Crippen molar-refractivity contribution in [2.75, 3.05) is 6.54 Å². The summed E-state index contributed by atoms with van der Waals surface area (Å²) in [5.74, 6) is 0.807. The molecule has 0 saturated carbocycles. The average molecular weight is 373 g/mol. The molecule has 0 atom stereocenters. The van der Waals surface area contributed by atoms with Gasteiger partial charge in [0.05, 0.1) is 0 Å². The van der Waals surface area contributed by atoms with Crippen molar-refractivity contribution in [2.45, 2.75) is 13.2 Å². The van der Waals surface area contributed by atoms with Crippen LogP contribution in [0.3, 0.4) is 0 Å². The maximum Gasteiger partial charge on any atom is 0.407 e. The number of amides is 1. The Balaban J connectivity index is 1.41. The van der Waals surface area contributed by atoms with Crippen molar-refractivity contribution in [1.82, 2.24) is 5.32 Å². The predicted molar refractivity (Wildman–Crippen MR) is 111 cm³/mol. The third kappa shape index (κ3) is 6.65. The lowest BCUT2D eigenvalue weighted by atomic mass is 10.2. The topological polar surface area (TPSA) is 47.6 Å². The molecule has 0 saturated heterocycles. The van der Waals surface area contributed by atoms with Crippen molar-refractivity contribution in [3.63, 3.8) is 0 Å². The second-order valence-corrected chi connectivity index (χ2v) is 6.19. The van der Waals surface area contributed by atoms with Crippen LogP contribution < -0.4 is 10.1 Å². The van der Waals surface area contributed by atoms with Gasteiger partial charge >= 0.3 is 6.09 Å². The molecule has 0 aliphatic rings. The minimum absolute atomic E-state index is 0.261. The van der Waals surface area contributed by atoms with Crippen LogP contribution >= 0.6 is 0 Å². The van der Waals surface area contributed by atoms with Gasteiger partial charge in [-0.3, -0.25) is 0 Å². The SMILES string of the molecule is O=C(NCC=Cc1cccc(OCc2ccccc2)c1)OCc1ccccc1. The molecule has 0 bridgehead atoms. The number of carbonyl (C=O) groups is 1. The molecule has 142 valence electrons. The fourth-order valence-electron chi connectivity index (χ4n) is 2.56. The van der Waals surface area contributed by atoms with Crippen LogP contribution in [0.25, 0.3) is 6.08 Å². The van der Waals surface area contributed by atoms with Crippen molar-refractivity contribution in [3.8, 4) is 5.75 Å². The highest BCUT2D eigenvalue weighted by atomic mass is 16.5. The Hall–Kier alpha value is -3.53. The summed E-state index contributed by atoms with van der Waals surface area (Å²) in [6, 6.07) is 27.5. The zero-order valence-electron chi connectivity index (χ0n) is 15.6. The summed E-state index contributed by atoms with van der Waals surface area (Å²) < 4.78 is 11.0. The lowest BCUT2D eigenvalue weighted by molar-refractivity contribution is 0.141. The lowest BCUT2D eigenvalue weighted by Gasteiger charge is -2.07. The van der Waals surface area contributed by atoms with Crippen LogP contribution in [0.4, 0.5) is 4.79 Å². The normalized spacial score (nSPS) is 10.6. The molecule has 3 aromatic rings. The highest BCUT2D eigenvalue weighted by Crippen LogP contribution is 2.16. The first-order valence-electron chi connectivity index (χ1n) is 9.17. The highest BCUT2D eigenvalue weighted by molar-refractivity contribution is 5.67. The van der Waals surface area contributed by atoms with Gasteiger partial charge in [-0.05, 0) is 28.8 Å². The van der Waals surface area contributed by atoms with E-state index in [0.717, 1.165) is 22.4 Å².